The van der Waals surface area contributed by atoms with Gasteiger partial charge < -0.3 is 9.73 Å². The number of hydrogen-bond acceptors (Lipinski definition) is 5. The Morgan fingerprint density at radius 3 is 3.20 bits per heavy atom. The van der Waals surface area contributed by atoms with Gasteiger partial charge in [-0.15, -0.1) is 11.3 Å². The van der Waals surface area contributed by atoms with Crippen LogP contribution < -0.4 is 5.32 Å². The Kier molecular flexibility index (Phi) is 4.19. The van der Waals surface area contributed by atoms with E-state index in [2.05, 4.69) is 21.7 Å². The van der Waals surface area contributed by atoms with Crippen molar-refractivity contribution in [2.45, 2.75) is 32.4 Å². The van der Waals surface area contributed by atoms with Crippen molar-refractivity contribution in [1.82, 2.24) is 15.2 Å². The highest BCUT2D eigenvalue weighted by Crippen LogP contribution is 2.27. The number of aromatic nitrogens is 1. The normalized spacial score (nSPS) is 19.8. The SMILES string of the molecule is CNCC1CCCN1Cc1nc(-c2cccs2)oc1C. The van der Waals surface area contributed by atoms with E-state index < -0.39 is 0 Å². The van der Waals surface area contributed by atoms with E-state index in [1.807, 2.05) is 20.0 Å². The third-order valence-electron chi connectivity index (χ3n) is 3.92. The number of hydrogen-bond donors (Lipinski definition) is 1. The van der Waals surface area contributed by atoms with Gasteiger partial charge in [-0.1, -0.05) is 6.07 Å². The van der Waals surface area contributed by atoms with Crippen molar-refractivity contribution in [2.75, 3.05) is 20.1 Å². The van der Waals surface area contributed by atoms with E-state index >= 15 is 0 Å². The summed E-state index contributed by atoms with van der Waals surface area (Å²) in [4.78, 5) is 8.31. The third-order valence-corrected chi connectivity index (χ3v) is 4.77. The number of nitrogens with one attached hydrogen (secondary N) is 1. The standard InChI is InChI=1S/C15H21N3OS/c1-11-13(10-18-7-3-5-12(18)9-16-2)17-15(19-11)14-6-4-8-20-14/h4,6,8,12,16H,3,5,7,9-10H2,1-2H3. The van der Waals surface area contributed by atoms with Gasteiger partial charge >= 0.3 is 0 Å². The minimum atomic E-state index is 0.626. The summed E-state index contributed by atoms with van der Waals surface area (Å²) in [6, 6.07) is 4.71. The van der Waals surface area contributed by atoms with Gasteiger partial charge in [0.05, 0.1) is 10.6 Å². The monoisotopic (exact) mass is 291 g/mol. The molecule has 1 aliphatic rings. The van der Waals surface area contributed by atoms with Gasteiger partial charge in [0.25, 0.3) is 0 Å². The second kappa shape index (κ2) is 6.08. The molecule has 0 bridgehead atoms. The van der Waals surface area contributed by atoms with Crippen LogP contribution in [0.3, 0.4) is 0 Å². The maximum atomic E-state index is 5.82. The Morgan fingerprint density at radius 2 is 2.45 bits per heavy atom. The largest absolute Gasteiger partial charge is 0.440 e. The summed E-state index contributed by atoms with van der Waals surface area (Å²) in [7, 11) is 2.02. The van der Waals surface area contributed by atoms with Crippen molar-refractivity contribution in [3.63, 3.8) is 0 Å². The molecule has 1 saturated heterocycles. The number of likely N-dealkylation sites (tertiary alicyclic amines) is 1. The molecule has 1 N–H and O–H groups in total. The minimum Gasteiger partial charge on any atom is -0.440 e. The fourth-order valence-corrected chi connectivity index (χ4v) is 3.49. The highest BCUT2D eigenvalue weighted by Gasteiger charge is 2.25. The van der Waals surface area contributed by atoms with Crippen LogP contribution in [0.5, 0.6) is 0 Å². The average Bonchev–Trinajstić information content (AvgIpc) is 3.13. The smallest absolute Gasteiger partial charge is 0.236 e. The first-order valence-corrected chi connectivity index (χ1v) is 8.04. The summed E-state index contributed by atoms with van der Waals surface area (Å²) < 4.78 is 5.82. The molecule has 20 heavy (non-hydrogen) atoms. The van der Waals surface area contributed by atoms with Gasteiger partial charge in [-0.3, -0.25) is 4.90 Å². The van der Waals surface area contributed by atoms with Crippen LogP contribution in [0.1, 0.15) is 24.3 Å². The predicted octanol–water partition coefficient (Wildman–Crippen LogP) is 2.90. The first-order valence-electron chi connectivity index (χ1n) is 7.16. The molecule has 0 saturated carbocycles. The first-order chi connectivity index (χ1) is 9.78. The summed E-state index contributed by atoms with van der Waals surface area (Å²) in [6.45, 7) is 5.12. The lowest BCUT2D eigenvalue weighted by Gasteiger charge is -2.23. The predicted molar refractivity (Wildman–Crippen MR) is 81.9 cm³/mol. The zero-order valence-electron chi connectivity index (χ0n) is 12.1. The molecule has 2 aromatic heterocycles. The van der Waals surface area contributed by atoms with Crippen LogP contribution in [0.4, 0.5) is 0 Å². The maximum Gasteiger partial charge on any atom is 0.236 e. The molecule has 1 aliphatic heterocycles. The van der Waals surface area contributed by atoms with E-state index in [0.29, 0.717) is 6.04 Å². The molecule has 1 atom stereocenters. The van der Waals surface area contributed by atoms with Gasteiger partial charge in [0, 0.05) is 19.1 Å². The molecule has 3 rings (SSSR count). The highest BCUT2D eigenvalue weighted by molar-refractivity contribution is 7.13. The average molecular weight is 291 g/mol. The molecular formula is C15H21N3OS. The van der Waals surface area contributed by atoms with Gasteiger partial charge in [-0.05, 0) is 44.8 Å². The van der Waals surface area contributed by atoms with E-state index in [1.54, 1.807) is 11.3 Å². The van der Waals surface area contributed by atoms with Crippen LogP contribution in [0, 0.1) is 6.92 Å². The summed E-state index contributed by atoms with van der Waals surface area (Å²) >= 11 is 1.67. The highest BCUT2D eigenvalue weighted by atomic mass is 32.1. The first kappa shape index (κ1) is 13.8. The van der Waals surface area contributed by atoms with Crippen molar-refractivity contribution in [2.24, 2.45) is 0 Å². The van der Waals surface area contributed by atoms with E-state index in [9.17, 15) is 0 Å². The second-order valence-corrected chi connectivity index (χ2v) is 6.27. The summed E-state index contributed by atoms with van der Waals surface area (Å²) in [5.74, 6) is 1.71. The van der Waals surface area contributed by atoms with Crippen molar-refractivity contribution < 1.29 is 4.42 Å². The maximum absolute atomic E-state index is 5.82. The van der Waals surface area contributed by atoms with Gasteiger partial charge in [0.1, 0.15) is 5.76 Å². The van der Waals surface area contributed by atoms with Gasteiger partial charge in [-0.2, -0.15) is 0 Å². The number of thiophene rings is 1. The Balaban J connectivity index is 1.74. The van der Waals surface area contributed by atoms with E-state index in [-0.39, 0.29) is 0 Å². The second-order valence-electron chi connectivity index (χ2n) is 5.32. The fourth-order valence-electron chi connectivity index (χ4n) is 2.84. The van der Waals surface area contributed by atoms with E-state index in [0.717, 1.165) is 41.9 Å². The summed E-state index contributed by atoms with van der Waals surface area (Å²) in [5.41, 5.74) is 1.08. The molecule has 5 heteroatoms. The van der Waals surface area contributed by atoms with Crippen LogP contribution in [0.2, 0.25) is 0 Å². The number of oxazole rings is 1. The number of rotatable bonds is 5. The summed E-state index contributed by atoms with van der Waals surface area (Å²) in [5, 5.41) is 5.34. The van der Waals surface area contributed by atoms with Gasteiger partial charge in [0.2, 0.25) is 5.89 Å². The molecule has 1 fully saturated rings. The zero-order valence-corrected chi connectivity index (χ0v) is 12.9. The summed E-state index contributed by atoms with van der Waals surface area (Å²) in [6.07, 6.45) is 2.55. The molecule has 0 spiro atoms. The molecule has 4 nitrogen and oxygen atoms in total. The minimum absolute atomic E-state index is 0.626. The van der Waals surface area contributed by atoms with Gasteiger partial charge in [-0.25, -0.2) is 4.98 Å². The Labute approximate surface area is 123 Å². The van der Waals surface area contributed by atoms with Crippen molar-refractivity contribution in [3.8, 4) is 10.8 Å². The molecular weight excluding hydrogens is 270 g/mol. The number of likely N-dealkylation sites (N-methyl/N-ethyl adjacent to an activating group) is 1. The molecule has 0 radical (unpaired) electrons. The fraction of sp³-hybridized carbons (Fsp3) is 0.533. The Hall–Kier alpha value is -1.17. The van der Waals surface area contributed by atoms with Crippen molar-refractivity contribution in [3.05, 3.63) is 29.0 Å². The van der Waals surface area contributed by atoms with Crippen LogP contribution in [-0.4, -0.2) is 36.1 Å². The topological polar surface area (TPSA) is 41.3 Å². The molecule has 108 valence electrons. The lowest BCUT2D eigenvalue weighted by Crippen LogP contribution is -2.36. The van der Waals surface area contributed by atoms with Crippen LogP contribution in [-0.2, 0) is 6.54 Å². The zero-order chi connectivity index (χ0) is 13.9. The molecule has 0 amide bonds. The van der Waals surface area contributed by atoms with Crippen molar-refractivity contribution in [1.29, 1.82) is 0 Å². The molecule has 2 aromatic rings. The quantitative estimate of drug-likeness (QED) is 0.919. The molecule has 3 heterocycles. The third kappa shape index (κ3) is 2.80. The Bertz CT molecular complexity index is 549. The molecule has 0 aliphatic carbocycles. The molecule has 0 aromatic carbocycles. The van der Waals surface area contributed by atoms with E-state index in [4.69, 9.17) is 9.40 Å². The van der Waals surface area contributed by atoms with Crippen molar-refractivity contribution >= 4 is 11.3 Å². The van der Waals surface area contributed by atoms with Crippen LogP contribution in [0.15, 0.2) is 21.9 Å². The Morgan fingerprint density at radius 1 is 1.55 bits per heavy atom. The van der Waals surface area contributed by atoms with Gasteiger partial charge in [0.15, 0.2) is 0 Å². The lowest BCUT2D eigenvalue weighted by molar-refractivity contribution is 0.238. The van der Waals surface area contributed by atoms with Crippen LogP contribution in [0.25, 0.3) is 10.8 Å². The molecule has 1 unspecified atom stereocenters. The van der Waals surface area contributed by atoms with Crippen LogP contribution >= 0.6 is 11.3 Å². The lowest BCUT2D eigenvalue weighted by atomic mass is 10.2. The number of aryl methyl sites for hydroxylation is 1. The van der Waals surface area contributed by atoms with E-state index in [1.165, 1.54) is 12.8 Å². The number of nitrogens with zero attached hydrogens (tertiary/aromatic N) is 2.